The second kappa shape index (κ2) is 5.78. The molecule has 1 fully saturated rings. The minimum absolute atomic E-state index is 0.548. The van der Waals surface area contributed by atoms with Crippen LogP contribution in [0.4, 0.5) is 0 Å². The highest BCUT2D eigenvalue weighted by Crippen LogP contribution is 2.36. The Morgan fingerprint density at radius 3 is 2.94 bits per heavy atom. The van der Waals surface area contributed by atoms with Gasteiger partial charge in [-0.3, -0.25) is 0 Å². The van der Waals surface area contributed by atoms with Gasteiger partial charge in [0.05, 0.1) is 5.01 Å². The molecule has 1 aliphatic rings. The first-order valence-corrected chi connectivity index (χ1v) is 7.27. The SMILES string of the molecule is CCCNC(CCC1CC1)c1cnc(C)s1. The zero-order valence-corrected chi connectivity index (χ0v) is 11.1. The quantitative estimate of drug-likeness (QED) is 0.784. The smallest absolute Gasteiger partial charge is 0.0897 e. The molecule has 1 saturated carbocycles. The predicted octanol–water partition coefficient (Wildman–Crippen LogP) is 3.68. The van der Waals surface area contributed by atoms with Crippen LogP contribution in [0, 0.1) is 12.8 Å². The van der Waals surface area contributed by atoms with Gasteiger partial charge in [-0.25, -0.2) is 4.98 Å². The number of aromatic nitrogens is 1. The van der Waals surface area contributed by atoms with E-state index >= 15 is 0 Å². The minimum atomic E-state index is 0.548. The topological polar surface area (TPSA) is 24.9 Å². The van der Waals surface area contributed by atoms with Gasteiger partial charge in [0.1, 0.15) is 0 Å². The molecule has 1 N–H and O–H groups in total. The largest absolute Gasteiger partial charge is 0.309 e. The molecule has 0 spiro atoms. The number of aryl methyl sites for hydroxylation is 1. The molecule has 0 amide bonds. The van der Waals surface area contributed by atoms with Gasteiger partial charge in [0.25, 0.3) is 0 Å². The van der Waals surface area contributed by atoms with Crippen LogP contribution in [0.2, 0.25) is 0 Å². The molecule has 1 aromatic rings. The van der Waals surface area contributed by atoms with E-state index in [1.165, 1.54) is 42.0 Å². The third kappa shape index (κ3) is 3.56. The summed E-state index contributed by atoms with van der Waals surface area (Å²) in [5.41, 5.74) is 0. The Hall–Kier alpha value is -0.410. The van der Waals surface area contributed by atoms with Gasteiger partial charge in [-0.15, -0.1) is 11.3 Å². The third-order valence-electron chi connectivity index (χ3n) is 3.18. The highest BCUT2D eigenvalue weighted by atomic mass is 32.1. The van der Waals surface area contributed by atoms with Crippen molar-refractivity contribution in [2.45, 2.75) is 52.0 Å². The molecule has 0 saturated heterocycles. The van der Waals surface area contributed by atoms with Gasteiger partial charge in [-0.05, 0) is 38.6 Å². The minimum Gasteiger partial charge on any atom is -0.309 e. The van der Waals surface area contributed by atoms with Gasteiger partial charge < -0.3 is 5.32 Å². The summed E-state index contributed by atoms with van der Waals surface area (Å²) in [7, 11) is 0. The second-order valence-electron chi connectivity index (χ2n) is 4.81. The van der Waals surface area contributed by atoms with Gasteiger partial charge in [0, 0.05) is 17.1 Å². The standard InChI is InChI=1S/C13H22N2S/c1-3-8-14-12(7-6-11-4-5-11)13-9-15-10(2)16-13/h9,11-12,14H,3-8H2,1-2H3. The van der Waals surface area contributed by atoms with Crippen LogP contribution in [-0.2, 0) is 0 Å². The van der Waals surface area contributed by atoms with Gasteiger partial charge in [0.15, 0.2) is 0 Å². The van der Waals surface area contributed by atoms with Crippen molar-refractivity contribution in [1.29, 1.82) is 0 Å². The molecule has 0 radical (unpaired) electrons. The Morgan fingerprint density at radius 1 is 1.56 bits per heavy atom. The van der Waals surface area contributed by atoms with Crippen molar-refractivity contribution in [2.75, 3.05) is 6.54 Å². The number of thiazole rings is 1. The Kier molecular flexibility index (Phi) is 4.36. The van der Waals surface area contributed by atoms with E-state index in [0.29, 0.717) is 6.04 Å². The molecule has 16 heavy (non-hydrogen) atoms. The summed E-state index contributed by atoms with van der Waals surface area (Å²) in [5.74, 6) is 1.03. The van der Waals surface area contributed by atoms with E-state index in [2.05, 4.69) is 30.3 Å². The van der Waals surface area contributed by atoms with Gasteiger partial charge >= 0.3 is 0 Å². The summed E-state index contributed by atoms with van der Waals surface area (Å²) in [6.07, 6.45) is 8.85. The van der Waals surface area contributed by atoms with Crippen molar-refractivity contribution < 1.29 is 0 Å². The first-order chi connectivity index (χ1) is 7.79. The lowest BCUT2D eigenvalue weighted by Crippen LogP contribution is -2.21. The van der Waals surface area contributed by atoms with E-state index in [9.17, 15) is 0 Å². The van der Waals surface area contributed by atoms with Gasteiger partial charge in [0.2, 0.25) is 0 Å². The molecule has 1 heterocycles. The van der Waals surface area contributed by atoms with Crippen molar-refractivity contribution in [2.24, 2.45) is 5.92 Å². The molecule has 0 aliphatic heterocycles. The number of nitrogens with one attached hydrogen (secondary N) is 1. The molecule has 0 bridgehead atoms. The Balaban J connectivity index is 1.89. The van der Waals surface area contributed by atoms with Crippen molar-refractivity contribution in [3.63, 3.8) is 0 Å². The van der Waals surface area contributed by atoms with Crippen molar-refractivity contribution in [3.8, 4) is 0 Å². The van der Waals surface area contributed by atoms with Crippen molar-refractivity contribution in [1.82, 2.24) is 10.3 Å². The summed E-state index contributed by atoms with van der Waals surface area (Å²) in [6.45, 7) is 5.43. The lowest BCUT2D eigenvalue weighted by Gasteiger charge is -2.16. The van der Waals surface area contributed by atoms with Crippen LogP contribution in [-0.4, -0.2) is 11.5 Å². The monoisotopic (exact) mass is 238 g/mol. The molecule has 1 unspecified atom stereocenters. The van der Waals surface area contributed by atoms with E-state index in [-0.39, 0.29) is 0 Å². The van der Waals surface area contributed by atoms with Crippen LogP contribution in [0.3, 0.4) is 0 Å². The maximum atomic E-state index is 4.37. The van der Waals surface area contributed by atoms with E-state index < -0.39 is 0 Å². The summed E-state index contributed by atoms with van der Waals surface area (Å²) in [6, 6.07) is 0.548. The molecule has 3 heteroatoms. The Labute approximate surface area is 102 Å². The maximum Gasteiger partial charge on any atom is 0.0897 e. The Morgan fingerprint density at radius 2 is 2.38 bits per heavy atom. The molecular weight excluding hydrogens is 216 g/mol. The van der Waals surface area contributed by atoms with E-state index in [1.54, 1.807) is 0 Å². The lowest BCUT2D eigenvalue weighted by atomic mass is 10.1. The maximum absolute atomic E-state index is 4.37. The van der Waals surface area contributed by atoms with E-state index in [4.69, 9.17) is 0 Å². The molecule has 1 atom stereocenters. The third-order valence-corrected chi connectivity index (χ3v) is 4.21. The lowest BCUT2D eigenvalue weighted by molar-refractivity contribution is 0.475. The molecular formula is C13H22N2S. The summed E-state index contributed by atoms with van der Waals surface area (Å²) >= 11 is 1.84. The van der Waals surface area contributed by atoms with Gasteiger partial charge in [-0.2, -0.15) is 0 Å². The van der Waals surface area contributed by atoms with E-state index in [1.807, 2.05) is 11.3 Å². The first-order valence-electron chi connectivity index (χ1n) is 6.45. The Bertz CT molecular complexity index is 317. The van der Waals surface area contributed by atoms with Crippen LogP contribution in [0.25, 0.3) is 0 Å². The number of nitrogens with zero attached hydrogens (tertiary/aromatic N) is 1. The molecule has 2 nitrogen and oxygen atoms in total. The predicted molar refractivity (Wildman–Crippen MR) is 69.8 cm³/mol. The van der Waals surface area contributed by atoms with Crippen molar-refractivity contribution in [3.05, 3.63) is 16.1 Å². The molecule has 2 rings (SSSR count). The summed E-state index contributed by atoms with van der Waals surface area (Å²) in [5, 5.41) is 4.84. The molecule has 1 aliphatic carbocycles. The zero-order chi connectivity index (χ0) is 11.4. The van der Waals surface area contributed by atoms with Crippen LogP contribution >= 0.6 is 11.3 Å². The fourth-order valence-corrected chi connectivity index (χ4v) is 2.91. The van der Waals surface area contributed by atoms with E-state index in [0.717, 1.165) is 12.5 Å². The summed E-state index contributed by atoms with van der Waals surface area (Å²) < 4.78 is 0. The fourth-order valence-electron chi connectivity index (χ4n) is 2.01. The van der Waals surface area contributed by atoms with Crippen molar-refractivity contribution >= 4 is 11.3 Å². The van der Waals surface area contributed by atoms with Crippen LogP contribution in [0.5, 0.6) is 0 Å². The highest BCUT2D eigenvalue weighted by molar-refractivity contribution is 7.11. The fraction of sp³-hybridized carbons (Fsp3) is 0.769. The first kappa shape index (κ1) is 12.1. The number of hydrogen-bond acceptors (Lipinski definition) is 3. The normalized spacial score (nSPS) is 17.6. The molecule has 1 aromatic heterocycles. The zero-order valence-electron chi connectivity index (χ0n) is 10.3. The molecule has 90 valence electrons. The number of hydrogen-bond donors (Lipinski definition) is 1. The van der Waals surface area contributed by atoms with Crippen LogP contribution < -0.4 is 5.32 Å². The average molecular weight is 238 g/mol. The summed E-state index contributed by atoms with van der Waals surface area (Å²) in [4.78, 5) is 5.79. The average Bonchev–Trinajstić information content (AvgIpc) is 3.01. The number of rotatable bonds is 7. The van der Waals surface area contributed by atoms with Crippen LogP contribution in [0.15, 0.2) is 6.20 Å². The molecule has 0 aromatic carbocycles. The highest BCUT2D eigenvalue weighted by Gasteiger charge is 2.23. The van der Waals surface area contributed by atoms with Crippen LogP contribution in [0.1, 0.15) is 55.0 Å². The van der Waals surface area contributed by atoms with Gasteiger partial charge in [-0.1, -0.05) is 19.8 Å². The second-order valence-corrected chi connectivity index (χ2v) is 6.08.